The van der Waals surface area contributed by atoms with Crippen LogP contribution in [0.3, 0.4) is 0 Å². The van der Waals surface area contributed by atoms with Gasteiger partial charge in [0.1, 0.15) is 11.4 Å². The zero-order valence-electron chi connectivity index (χ0n) is 9.62. The van der Waals surface area contributed by atoms with Crippen molar-refractivity contribution in [3.63, 3.8) is 0 Å². The lowest BCUT2D eigenvalue weighted by Crippen LogP contribution is -2.24. The van der Waals surface area contributed by atoms with Crippen LogP contribution < -0.4 is 0 Å². The van der Waals surface area contributed by atoms with Gasteiger partial charge in [0.05, 0.1) is 0 Å². The van der Waals surface area contributed by atoms with Crippen LogP contribution in [0.25, 0.3) is 0 Å². The van der Waals surface area contributed by atoms with E-state index >= 15 is 0 Å². The number of hydrogen-bond donors (Lipinski definition) is 1. The second kappa shape index (κ2) is 4.46. The first-order valence-corrected chi connectivity index (χ1v) is 5.36. The lowest BCUT2D eigenvalue weighted by atomic mass is 9.88. The molecule has 0 spiro atoms. The minimum atomic E-state index is -1.72. The van der Waals surface area contributed by atoms with Crippen LogP contribution in [0, 0.1) is 17.5 Å². The summed E-state index contributed by atoms with van der Waals surface area (Å²) < 4.78 is 39.6. The van der Waals surface area contributed by atoms with Crippen molar-refractivity contribution in [1.29, 1.82) is 0 Å². The van der Waals surface area contributed by atoms with Gasteiger partial charge >= 0.3 is 0 Å². The molecule has 1 atom stereocenters. The largest absolute Gasteiger partial charge is 0.381 e. The van der Waals surface area contributed by atoms with Gasteiger partial charge in [0.2, 0.25) is 0 Å². The molecule has 18 heavy (non-hydrogen) atoms. The van der Waals surface area contributed by atoms with E-state index in [0.717, 1.165) is 12.1 Å². The van der Waals surface area contributed by atoms with E-state index in [9.17, 15) is 18.3 Å². The minimum Gasteiger partial charge on any atom is -0.381 e. The van der Waals surface area contributed by atoms with Crippen LogP contribution >= 0.6 is 0 Å². The Morgan fingerprint density at radius 3 is 2.17 bits per heavy atom. The van der Waals surface area contributed by atoms with E-state index in [1.165, 1.54) is 31.2 Å². The van der Waals surface area contributed by atoms with Crippen LogP contribution in [0.4, 0.5) is 13.2 Å². The third-order valence-corrected chi connectivity index (χ3v) is 2.88. The molecular weight excluding hydrogens is 241 g/mol. The molecule has 0 heterocycles. The highest BCUT2D eigenvalue weighted by Gasteiger charge is 2.29. The molecule has 94 valence electrons. The third kappa shape index (κ3) is 2.11. The van der Waals surface area contributed by atoms with Crippen LogP contribution in [-0.4, -0.2) is 5.11 Å². The molecule has 0 amide bonds. The van der Waals surface area contributed by atoms with E-state index < -0.39 is 23.1 Å². The maximum atomic E-state index is 13.6. The van der Waals surface area contributed by atoms with Crippen molar-refractivity contribution in [3.05, 3.63) is 71.0 Å². The van der Waals surface area contributed by atoms with E-state index in [-0.39, 0.29) is 11.1 Å². The summed E-state index contributed by atoms with van der Waals surface area (Å²) >= 11 is 0. The van der Waals surface area contributed by atoms with Crippen LogP contribution in [0.2, 0.25) is 0 Å². The van der Waals surface area contributed by atoms with Gasteiger partial charge in [0.15, 0.2) is 11.6 Å². The summed E-state index contributed by atoms with van der Waals surface area (Å²) in [6.07, 6.45) is 0. The zero-order valence-corrected chi connectivity index (χ0v) is 9.62. The fourth-order valence-electron chi connectivity index (χ4n) is 1.81. The van der Waals surface area contributed by atoms with Crippen LogP contribution in [0.5, 0.6) is 0 Å². The van der Waals surface area contributed by atoms with Crippen LogP contribution in [0.15, 0.2) is 42.5 Å². The van der Waals surface area contributed by atoms with Gasteiger partial charge in [0.25, 0.3) is 0 Å². The Labute approximate surface area is 103 Å². The smallest absolute Gasteiger partial charge is 0.159 e. The highest BCUT2D eigenvalue weighted by molar-refractivity contribution is 5.36. The predicted molar refractivity (Wildman–Crippen MR) is 61.4 cm³/mol. The average Bonchev–Trinajstić information content (AvgIpc) is 2.33. The summed E-state index contributed by atoms with van der Waals surface area (Å²) in [5, 5.41) is 10.3. The monoisotopic (exact) mass is 252 g/mol. The summed E-state index contributed by atoms with van der Waals surface area (Å²) in [6.45, 7) is 1.33. The first kappa shape index (κ1) is 12.6. The summed E-state index contributed by atoms with van der Waals surface area (Å²) in [6, 6.07) is 8.64. The Balaban J connectivity index is 2.54. The lowest BCUT2D eigenvalue weighted by molar-refractivity contribution is 0.0974. The van der Waals surface area contributed by atoms with Gasteiger partial charge in [-0.05, 0) is 30.7 Å². The normalized spacial score (nSPS) is 14.3. The molecule has 0 radical (unpaired) electrons. The third-order valence-electron chi connectivity index (χ3n) is 2.88. The van der Waals surface area contributed by atoms with Crippen molar-refractivity contribution in [2.24, 2.45) is 0 Å². The van der Waals surface area contributed by atoms with E-state index in [1.807, 2.05) is 0 Å². The molecule has 1 nitrogen and oxygen atoms in total. The molecule has 1 unspecified atom stereocenters. The average molecular weight is 252 g/mol. The molecule has 4 heteroatoms. The molecular formula is C14H11F3O. The quantitative estimate of drug-likeness (QED) is 0.868. The highest BCUT2D eigenvalue weighted by atomic mass is 19.2. The van der Waals surface area contributed by atoms with Gasteiger partial charge in [-0.2, -0.15) is 0 Å². The standard InChI is InChI=1S/C14H11F3O/c1-14(18,10-4-2-3-5-11(10)15)9-6-7-12(16)13(17)8-9/h2-8,18H,1H3. The Bertz CT molecular complexity index is 579. The Morgan fingerprint density at radius 2 is 1.56 bits per heavy atom. The van der Waals surface area contributed by atoms with Gasteiger partial charge in [0, 0.05) is 5.56 Å². The van der Waals surface area contributed by atoms with Gasteiger partial charge in [-0.3, -0.25) is 0 Å². The van der Waals surface area contributed by atoms with Crippen molar-refractivity contribution in [2.45, 2.75) is 12.5 Å². The van der Waals surface area contributed by atoms with Crippen LogP contribution in [0.1, 0.15) is 18.1 Å². The molecule has 0 bridgehead atoms. The Hall–Kier alpha value is -1.81. The second-order valence-corrected chi connectivity index (χ2v) is 4.18. The fraction of sp³-hybridized carbons (Fsp3) is 0.143. The fourth-order valence-corrected chi connectivity index (χ4v) is 1.81. The Kier molecular flexibility index (Phi) is 3.13. The molecule has 2 aromatic carbocycles. The topological polar surface area (TPSA) is 20.2 Å². The van der Waals surface area contributed by atoms with Gasteiger partial charge in [-0.25, -0.2) is 13.2 Å². The molecule has 0 aliphatic rings. The Morgan fingerprint density at radius 1 is 0.889 bits per heavy atom. The van der Waals surface area contributed by atoms with E-state index in [1.54, 1.807) is 6.07 Å². The minimum absolute atomic E-state index is 0.0102. The number of benzene rings is 2. The zero-order chi connectivity index (χ0) is 13.3. The number of aliphatic hydroxyl groups is 1. The van der Waals surface area contributed by atoms with Crippen molar-refractivity contribution >= 4 is 0 Å². The van der Waals surface area contributed by atoms with Crippen molar-refractivity contribution in [1.82, 2.24) is 0 Å². The first-order valence-electron chi connectivity index (χ1n) is 5.36. The molecule has 2 aromatic rings. The summed E-state index contributed by atoms with van der Waals surface area (Å²) in [4.78, 5) is 0. The molecule has 1 N–H and O–H groups in total. The van der Waals surface area contributed by atoms with Crippen molar-refractivity contribution < 1.29 is 18.3 Å². The number of halogens is 3. The predicted octanol–water partition coefficient (Wildman–Crippen LogP) is 3.36. The van der Waals surface area contributed by atoms with Crippen molar-refractivity contribution in [3.8, 4) is 0 Å². The highest BCUT2D eigenvalue weighted by Crippen LogP contribution is 2.31. The molecule has 0 fully saturated rings. The number of hydrogen-bond acceptors (Lipinski definition) is 1. The summed E-state index contributed by atoms with van der Waals surface area (Å²) in [7, 11) is 0. The maximum Gasteiger partial charge on any atom is 0.159 e. The molecule has 0 aromatic heterocycles. The van der Waals surface area contributed by atoms with Gasteiger partial charge in [-0.1, -0.05) is 24.3 Å². The molecule has 0 saturated heterocycles. The maximum absolute atomic E-state index is 13.6. The first-order chi connectivity index (χ1) is 8.43. The van der Waals surface area contributed by atoms with Gasteiger partial charge in [-0.15, -0.1) is 0 Å². The lowest BCUT2D eigenvalue weighted by Gasteiger charge is -2.25. The molecule has 2 rings (SSSR count). The van der Waals surface area contributed by atoms with E-state index in [2.05, 4.69) is 0 Å². The molecule has 0 saturated carbocycles. The van der Waals surface area contributed by atoms with E-state index in [4.69, 9.17) is 0 Å². The SMILES string of the molecule is CC(O)(c1ccc(F)c(F)c1)c1ccccc1F. The molecule has 0 aliphatic carbocycles. The van der Waals surface area contributed by atoms with Crippen LogP contribution in [-0.2, 0) is 5.60 Å². The van der Waals surface area contributed by atoms with Crippen molar-refractivity contribution in [2.75, 3.05) is 0 Å². The summed E-state index contributed by atoms with van der Waals surface area (Å²) in [5.74, 6) is -2.69. The molecule has 0 aliphatic heterocycles. The summed E-state index contributed by atoms with van der Waals surface area (Å²) in [5.41, 5.74) is -1.62. The van der Waals surface area contributed by atoms with E-state index in [0.29, 0.717) is 0 Å². The van der Waals surface area contributed by atoms with Gasteiger partial charge < -0.3 is 5.11 Å². The second-order valence-electron chi connectivity index (χ2n) is 4.18. The number of rotatable bonds is 2.